The van der Waals surface area contributed by atoms with Crippen LogP contribution in [0.3, 0.4) is 0 Å². The number of nitrogens with zero attached hydrogens (tertiary/aromatic N) is 2. The summed E-state index contributed by atoms with van der Waals surface area (Å²) in [6.45, 7) is 0.460. The van der Waals surface area contributed by atoms with Crippen LogP contribution in [0.25, 0.3) is 0 Å². The maximum absolute atomic E-state index is 13.3. The monoisotopic (exact) mass is 281 g/mol. The molecule has 1 aliphatic rings. The molecule has 1 fully saturated rings. The van der Waals surface area contributed by atoms with Gasteiger partial charge in [-0.25, -0.2) is 8.78 Å². The van der Waals surface area contributed by atoms with E-state index in [1.807, 2.05) is 30.3 Å². The molecule has 100 valence electrons. The summed E-state index contributed by atoms with van der Waals surface area (Å²) in [6, 6.07) is 9.42. The lowest BCUT2D eigenvalue weighted by atomic mass is 9.69. The topological polar surface area (TPSA) is 37.8 Å². The molecule has 0 radical (unpaired) electrons. The number of alkyl halides is 2. The predicted molar refractivity (Wildman–Crippen MR) is 69.0 cm³/mol. The molecule has 0 amide bonds. The molecule has 0 bridgehead atoms. The standard InChI is InChI=1S/C13H13F2N3S/c14-13(15)8-12(9-13,10-4-2-1-3-5-10)16-6-11-7-17-19-18-11/h1-5,7,16H,6,8-9H2. The number of hydrogen-bond acceptors (Lipinski definition) is 4. The minimum absolute atomic E-state index is 0.165. The van der Waals surface area contributed by atoms with Crippen molar-refractivity contribution < 1.29 is 8.78 Å². The van der Waals surface area contributed by atoms with Gasteiger partial charge in [0, 0.05) is 19.4 Å². The third kappa shape index (κ3) is 2.50. The number of halogens is 2. The summed E-state index contributed by atoms with van der Waals surface area (Å²) in [5.74, 6) is -2.58. The van der Waals surface area contributed by atoms with Crippen LogP contribution in [0.4, 0.5) is 8.78 Å². The van der Waals surface area contributed by atoms with E-state index in [1.165, 1.54) is 0 Å². The lowest BCUT2D eigenvalue weighted by molar-refractivity contribution is -0.138. The second kappa shape index (κ2) is 4.61. The predicted octanol–water partition coefficient (Wildman–Crippen LogP) is 2.95. The fourth-order valence-electron chi connectivity index (χ4n) is 2.54. The zero-order valence-corrected chi connectivity index (χ0v) is 11.0. The average molecular weight is 281 g/mol. The van der Waals surface area contributed by atoms with Gasteiger partial charge in [0.1, 0.15) is 0 Å². The average Bonchev–Trinajstić information content (AvgIpc) is 2.88. The lowest BCUT2D eigenvalue weighted by Crippen LogP contribution is -2.57. The SMILES string of the molecule is FC1(F)CC(NCc2cnsn2)(c2ccccc2)C1. The molecular weight excluding hydrogens is 268 g/mol. The van der Waals surface area contributed by atoms with Crippen LogP contribution in [0.1, 0.15) is 24.1 Å². The largest absolute Gasteiger partial charge is 0.301 e. The molecular formula is C13H13F2N3S. The van der Waals surface area contributed by atoms with Gasteiger partial charge >= 0.3 is 0 Å². The quantitative estimate of drug-likeness (QED) is 0.936. The van der Waals surface area contributed by atoms with Gasteiger partial charge in [0.15, 0.2) is 0 Å². The Morgan fingerprint density at radius 3 is 2.53 bits per heavy atom. The summed E-state index contributed by atoms with van der Waals surface area (Å²) in [7, 11) is 0. The molecule has 1 N–H and O–H groups in total. The molecule has 0 aliphatic heterocycles. The van der Waals surface area contributed by atoms with Crippen molar-refractivity contribution >= 4 is 11.7 Å². The molecule has 0 atom stereocenters. The van der Waals surface area contributed by atoms with E-state index in [1.54, 1.807) is 6.20 Å². The van der Waals surface area contributed by atoms with Crippen LogP contribution in [-0.4, -0.2) is 14.7 Å². The zero-order chi connectivity index (χ0) is 13.3. The smallest absolute Gasteiger partial charge is 0.252 e. The molecule has 0 unspecified atom stereocenters. The molecule has 6 heteroatoms. The number of hydrogen-bond donors (Lipinski definition) is 1. The fraction of sp³-hybridized carbons (Fsp3) is 0.385. The van der Waals surface area contributed by atoms with E-state index in [0.717, 1.165) is 23.0 Å². The second-order valence-electron chi connectivity index (χ2n) is 4.91. The van der Waals surface area contributed by atoms with E-state index in [0.29, 0.717) is 6.54 Å². The number of nitrogens with one attached hydrogen (secondary N) is 1. The Kier molecular flexibility index (Phi) is 3.06. The highest BCUT2D eigenvalue weighted by molar-refractivity contribution is 6.99. The molecule has 2 aromatic rings. The second-order valence-corrected chi connectivity index (χ2v) is 5.47. The van der Waals surface area contributed by atoms with Gasteiger partial charge in [-0.3, -0.25) is 0 Å². The van der Waals surface area contributed by atoms with Gasteiger partial charge in [0.05, 0.1) is 29.2 Å². The summed E-state index contributed by atoms with van der Waals surface area (Å²) in [4.78, 5) is 0. The van der Waals surface area contributed by atoms with Gasteiger partial charge < -0.3 is 5.32 Å². The van der Waals surface area contributed by atoms with Gasteiger partial charge in [-0.1, -0.05) is 30.3 Å². The van der Waals surface area contributed by atoms with Crippen molar-refractivity contribution in [3.05, 3.63) is 47.8 Å². The van der Waals surface area contributed by atoms with E-state index in [2.05, 4.69) is 14.1 Å². The molecule has 1 aromatic carbocycles. The van der Waals surface area contributed by atoms with Crippen molar-refractivity contribution in [3.63, 3.8) is 0 Å². The highest BCUT2D eigenvalue weighted by Crippen LogP contribution is 2.51. The summed E-state index contributed by atoms with van der Waals surface area (Å²) < 4.78 is 34.6. The third-order valence-electron chi connectivity index (χ3n) is 3.46. The van der Waals surface area contributed by atoms with Crippen LogP contribution in [0.2, 0.25) is 0 Å². The summed E-state index contributed by atoms with van der Waals surface area (Å²) in [5.41, 5.74) is 1.05. The Labute approximate surface area is 114 Å². The van der Waals surface area contributed by atoms with E-state index in [4.69, 9.17) is 0 Å². The summed E-state index contributed by atoms with van der Waals surface area (Å²) >= 11 is 1.12. The van der Waals surface area contributed by atoms with Gasteiger partial charge in [-0.15, -0.1) is 0 Å². The maximum atomic E-state index is 13.3. The van der Waals surface area contributed by atoms with Crippen LogP contribution in [0, 0.1) is 0 Å². The lowest BCUT2D eigenvalue weighted by Gasteiger charge is -2.48. The Balaban J connectivity index is 1.79. The van der Waals surface area contributed by atoms with E-state index < -0.39 is 11.5 Å². The van der Waals surface area contributed by atoms with Crippen molar-refractivity contribution in [1.29, 1.82) is 0 Å². The van der Waals surface area contributed by atoms with Gasteiger partial charge in [0.25, 0.3) is 5.92 Å². The molecule has 1 heterocycles. The Hall–Kier alpha value is -1.40. The minimum atomic E-state index is -2.58. The first kappa shape index (κ1) is 12.6. The van der Waals surface area contributed by atoms with E-state index in [-0.39, 0.29) is 12.8 Å². The van der Waals surface area contributed by atoms with Crippen LogP contribution < -0.4 is 5.32 Å². The van der Waals surface area contributed by atoms with Crippen molar-refractivity contribution in [3.8, 4) is 0 Å². The van der Waals surface area contributed by atoms with Crippen LogP contribution in [-0.2, 0) is 12.1 Å². The Bertz CT molecular complexity index is 534. The first-order valence-electron chi connectivity index (χ1n) is 6.05. The molecule has 0 spiro atoms. The zero-order valence-electron chi connectivity index (χ0n) is 10.1. The van der Waals surface area contributed by atoms with Gasteiger partial charge in [0.2, 0.25) is 0 Å². The maximum Gasteiger partial charge on any atom is 0.252 e. The molecule has 19 heavy (non-hydrogen) atoms. The number of aromatic nitrogens is 2. The van der Waals surface area contributed by atoms with Crippen molar-refractivity contribution in [2.24, 2.45) is 0 Å². The number of benzene rings is 1. The molecule has 1 saturated carbocycles. The molecule has 0 saturated heterocycles. The molecule has 3 nitrogen and oxygen atoms in total. The number of rotatable bonds is 4. The van der Waals surface area contributed by atoms with E-state index >= 15 is 0 Å². The van der Waals surface area contributed by atoms with Crippen LogP contribution >= 0.6 is 11.7 Å². The molecule has 1 aromatic heterocycles. The highest BCUT2D eigenvalue weighted by atomic mass is 32.1. The van der Waals surface area contributed by atoms with Crippen molar-refractivity contribution in [1.82, 2.24) is 14.1 Å². The van der Waals surface area contributed by atoms with Gasteiger partial charge in [-0.2, -0.15) is 8.75 Å². The molecule has 3 rings (SSSR count). The third-order valence-corrected chi connectivity index (χ3v) is 3.98. The Morgan fingerprint density at radius 2 is 1.95 bits per heavy atom. The van der Waals surface area contributed by atoms with Crippen LogP contribution in [0.5, 0.6) is 0 Å². The fourth-order valence-corrected chi connectivity index (χ4v) is 2.97. The van der Waals surface area contributed by atoms with E-state index in [9.17, 15) is 8.78 Å². The highest BCUT2D eigenvalue weighted by Gasteiger charge is 2.57. The van der Waals surface area contributed by atoms with Gasteiger partial charge in [-0.05, 0) is 5.56 Å². The van der Waals surface area contributed by atoms with Crippen molar-refractivity contribution in [2.45, 2.75) is 30.8 Å². The van der Waals surface area contributed by atoms with Crippen molar-refractivity contribution in [2.75, 3.05) is 0 Å². The van der Waals surface area contributed by atoms with Crippen LogP contribution in [0.15, 0.2) is 36.5 Å². The Morgan fingerprint density at radius 1 is 1.21 bits per heavy atom. The first-order chi connectivity index (χ1) is 9.10. The summed E-state index contributed by atoms with van der Waals surface area (Å²) in [6.07, 6.45) is 1.33. The normalized spacial score (nSPS) is 19.9. The molecule has 1 aliphatic carbocycles. The first-order valence-corrected chi connectivity index (χ1v) is 6.78. The minimum Gasteiger partial charge on any atom is -0.301 e. The summed E-state index contributed by atoms with van der Waals surface area (Å²) in [5, 5.41) is 3.23.